The largest absolute Gasteiger partial charge is 0.492 e. The van der Waals surface area contributed by atoms with Crippen LogP contribution in [-0.2, 0) is 4.79 Å². The second-order valence-electron chi connectivity index (χ2n) is 8.17. The Balaban J connectivity index is 1.72. The molecule has 32 heavy (non-hydrogen) atoms. The van der Waals surface area contributed by atoms with Gasteiger partial charge < -0.3 is 9.30 Å². The summed E-state index contributed by atoms with van der Waals surface area (Å²) in [6, 6.07) is 9.90. The van der Waals surface area contributed by atoms with Gasteiger partial charge in [-0.25, -0.2) is 0 Å². The zero-order valence-electron chi connectivity index (χ0n) is 19.0. The van der Waals surface area contributed by atoms with Gasteiger partial charge in [-0.2, -0.15) is 15.1 Å². The van der Waals surface area contributed by atoms with E-state index in [-0.39, 0.29) is 11.4 Å². The highest BCUT2D eigenvalue weighted by Gasteiger charge is 2.35. The molecule has 166 valence electrons. The molecule has 8 heteroatoms. The molecule has 2 aliphatic rings. The summed E-state index contributed by atoms with van der Waals surface area (Å²) in [6.07, 6.45) is 2.54. The topological polar surface area (TPSA) is 83.0 Å². The Morgan fingerprint density at radius 1 is 1.25 bits per heavy atom. The molecule has 0 bridgehead atoms. The highest BCUT2D eigenvalue weighted by Crippen LogP contribution is 2.32. The zero-order chi connectivity index (χ0) is 23.0. The van der Waals surface area contributed by atoms with Crippen LogP contribution in [0, 0.1) is 25.2 Å². The molecule has 0 unspecified atom stereocenters. The minimum atomic E-state index is -0.408. The average molecular weight is 450 g/mol. The minimum Gasteiger partial charge on any atom is -0.492 e. The monoisotopic (exact) mass is 449 g/mol. The van der Waals surface area contributed by atoms with Crippen molar-refractivity contribution in [3.8, 4) is 11.4 Å². The number of nitrogens with zero attached hydrogens (tertiary/aromatic N) is 4. The second kappa shape index (κ2) is 8.78. The van der Waals surface area contributed by atoms with E-state index in [9.17, 15) is 4.79 Å². The number of fused-ring (bicyclic) bond motifs is 1. The first-order valence-electron chi connectivity index (χ1n) is 10.7. The number of aromatic nitrogens is 1. The van der Waals surface area contributed by atoms with E-state index in [1.807, 2.05) is 51.1 Å². The molecular weight excluding hydrogens is 422 g/mol. The van der Waals surface area contributed by atoms with E-state index in [2.05, 4.69) is 28.5 Å². The summed E-state index contributed by atoms with van der Waals surface area (Å²) in [6.45, 7) is 10.8. The molecule has 4 rings (SSSR count). The van der Waals surface area contributed by atoms with Gasteiger partial charge in [0.2, 0.25) is 5.17 Å². The molecule has 1 aromatic carbocycles. The Kier molecular flexibility index (Phi) is 6.06. The van der Waals surface area contributed by atoms with Crippen LogP contribution in [0.1, 0.15) is 44.1 Å². The lowest BCUT2D eigenvalue weighted by molar-refractivity contribution is -0.114. The number of ether oxygens (including phenoxy) is 1. The van der Waals surface area contributed by atoms with Gasteiger partial charge >= 0.3 is 0 Å². The summed E-state index contributed by atoms with van der Waals surface area (Å²) in [5.74, 6) is 0.890. The van der Waals surface area contributed by atoms with Crippen LogP contribution in [-0.4, -0.2) is 38.1 Å². The number of hydrazone groups is 1. The third-order valence-corrected chi connectivity index (χ3v) is 6.19. The van der Waals surface area contributed by atoms with Crippen LogP contribution in [0.15, 0.2) is 46.0 Å². The maximum absolute atomic E-state index is 12.8. The molecule has 0 spiro atoms. The van der Waals surface area contributed by atoms with Crippen molar-refractivity contribution in [3.05, 3.63) is 52.9 Å². The molecule has 0 atom stereocenters. The lowest BCUT2D eigenvalue weighted by atomic mass is 10.1. The van der Waals surface area contributed by atoms with E-state index >= 15 is 0 Å². The Morgan fingerprint density at radius 3 is 2.72 bits per heavy atom. The summed E-state index contributed by atoms with van der Waals surface area (Å²) in [5.41, 5.74) is 4.01. The van der Waals surface area contributed by atoms with E-state index < -0.39 is 5.91 Å². The predicted octanol–water partition coefficient (Wildman–Crippen LogP) is 5.16. The van der Waals surface area contributed by atoms with E-state index in [1.165, 1.54) is 16.8 Å². The van der Waals surface area contributed by atoms with Gasteiger partial charge in [0.25, 0.3) is 5.91 Å². The number of aliphatic imine (C=N–C) groups is 1. The molecule has 1 N–H and O–H groups in total. The van der Waals surface area contributed by atoms with Crippen molar-refractivity contribution >= 4 is 39.8 Å². The van der Waals surface area contributed by atoms with E-state index in [1.54, 1.807) is 6.08 Å². The van der Waals surface area contributed by atoms with Crippen LogP contribution in [0.2, 0.25) is 0 Å². The van der Waals surface area contributed by atoms with Gasteiger partial charge in [-0.15, -0.1) is 0 Å². The van der Waals surface area contributed by atoms with Crippen LogP contribution < -0.4 is 4.74 Å². The highest BCUT2D eigenvalue weighted by molar-refractivity contribution is 8.26. The molecule has 7 nitrogen and oxygen atoms in total. The number of benzene rings is 1. The van der Waals surface area contributed by atoms with Gasteiger partial charge in [-0.05, 0) is 68.3 Å². The number of hydrogen-bond acceptors (Lipinski definition) is 5. The Labute approximate surface area is 192 Å². The number of para-hydroxylation sites is 2. The molecule has 0 saturated carbocycles. The predicted molar refractivity (Wildman–Crippen MR) is 131 cm³/mol. The minimum absolute atomic E-state index is 0.0609. The maximum Gasteiger partial charge on any atom is 0.283 e. The molecule has 0 saturated heterocycles. The smallest absolute Gasteiger partial charge is 0.283 e. The summed E-state index contributed by atoms with van der Waals surface area (Å²) in [4.78, 5) is 17.0. The molecule has 0 fully saturated rings. The summed E-state index contributed by atoms with van der Waals surface area (Å²) < 4.78 is 7.92. The molecule has 3 heterocycles. The van der Waals surface area contributed by atoms with Gasteiger partial charge in [-0.1, -0.05) is 26.0 Å². The number of amides is 1. The third kappa shape index (κ3) is 4.02. The van der Waals surface area contributed by atoms with Crippen LogP contribution in [0.4, 0.5) is 0 Å². The van der Waals surface area contributed by atoms with E-state index in [0.717, 1.165) is 39.9 Å². The molecule has 0 aliphatic carbocycles. The van der Waals surface area contributed by atoms with Gasteiger partial charge in [-0.3, -0.25) is 10.2 Å². The van der Waals surface area contributed by atoms with Gasteiger partial charge in [0.05, 0.1) is 17.9 Å². The SMILES string of the molecule is CCOc1ccccc1-n1c(C)cc(C=C2C(=N)N3N=C(CC(C)C)SC3=NC2=O)c1C. The fourth-order valence-corrected chi connectivity index (χ4v) is 4.94. The van der Waals surface area contributed by atoms with Crippen molar-refractivity contribution in [1.82, 2.24) is 9.58 Å². The molecule has 2 aliphatic heterocycles. The van der Waals surface area contributed by atoms with Crippen molar-refractivity contribution in [1.29, 1.82) is 5.41 Å². The molecule has 1 amide bonds. The Morgan fingerprint density at radius 2 is 2.00 bits per heavy atom. The van der Waals surface area contributed by atoms with Crippen molar-refractivity contribution < 1.29 is 9.53 Å². The van der Waals surface area contributed by atoms with E-state index in [4.69, 9.17) is 10.1 Å². The fraction of sp³-hybridized carbons (Fsp3) is 0.333. The van der Waals surface area contributed by atoms with Gasteiger partial charge in [0, 0.05) is 17.8 Å². The lowest BCUT2D eigenvalue weighted by Crippen LogP contribution is -2.35. The number of nitrogens with one attached hydrogen (secondary N) is 1. The summed E-state index contributed by atoms with van der Waals surface area (Å²) >= 11 is 1.37. The number of rotatable bonds is 6. The van der Waals surface area contributed by atoms with Crippen LogP contribution >= 0.6 is 11.8 Å². The molecular formula is C24H27N5O2S. The summed E-state index contributed by atoms with van der Waals surface area (Å²) in [7, 11) is 0. The first-order chi connectivity index (χ1) is 15.3. The highest BCUT2D eigenvalue weighted by atomic mass is 32.2. The first kappa shape index (κ1) is 22.1. The molecule has 1 aromatic heterocycles. The third-order valence-electron chi connectivity index (χ3n) is 5.26. The Bertz CT molecular complexity index is 1190. The van der Waals surface area contributed by atoms with Gasteiger partial charge in [0.15, 0.2) is 5.84 Å². The maximum atomic E-state index is 12.8. The number of aryl methyl sites for hydroxylation is 1. The Hall–Kier alpha value is -3.13. The number of carbonyl (C=O) groups excluding carboxylic acids is 1. The number of amidine groups is 2. The van der Waals surface area contributed by atoms with E-state index in [0.29, 0.717) is 17.7 Å². The molecule has 0 radical (unpaired) electrons. The quantitative estimate of drug-likeness (QED) is 0.618. The number of carbonyl (C=O) groups is 1. The number of hydrogen-bond donors (Lipinski definition) is 1. The van der Waals surface area contributed by atoms with Crippen molar-refractivity contribution in [2.75, 3.05) is 6.61 Å². The van der Waals surface area contributed by atoms with Crippen molar-refractivity contribution in [2.45, 2.75) is 41.0 Å². The normalized spacial score (nSPS) is 17.2. The van der Waals surface area contributed by atoms with Crippen LogP contribution in [0.5, 0.6) is 5.75 Å². The molecule has 2 aromatic rings. The fourth-order valence-electron chi connectivity index (χ4n) is 3.84. The van der Waals surface area contributed by atoms with Crippen molar-refractivity contribution in [2.24, 2.45) is 16.0 Å². The van der Waals surface area contributed by atoms with Gasteiger partial charge in [0.1, 0.15) is 10.8 Å². The average Bonchev–Trinajstić information content (AvgIpc) is 3.25. The number of thioether (sulfide) groups is 1. The lowest BCUT2D eigenvalue weighted by Gasteiger charge is -2.20. The van der Waals surface area contributed by atoms with Crippen molar-refractivity contribution in [3.63, 3.8) is 0 Å². The zero-order valence-corrected chi connectivity index (χ0v) is 19.8. The summed E-state index contributed by atoms with van der Waals surface area (Å²) in [5, 5.41) is 16.0. The van der Waals surface area contributed by atoms with Crippen LogP contribution in [0.25, 0.3) is 11.8 Å². The first-order valence-corrected chi connectivity index (χ1v) is 11.5. The standard InChI is InChI=1S/C24H27N5O2S/c1-6-31-20-10-8-7-9-19(20)28-15(4)12-17(16(28)5)13-18-22(25)29-24(26-23(18)30)32-21(27-29)11-14(2)3/h7-10,12-14,25H,6,11H2,1-5H3. The van der Waals surface area contributed by atoms with Crippen LogP contribution in [0.3, 0.4) is 0 Å². The second-order valence-corrected chi connectivity index (χ2v) is 9.21.